The maximum absolute atomic E-state index is 8.78. The van der Waals surface area contributed by atoms with E-state index in [2.05, 4.69) is 28.3 Å². The van der Waals surface area contributed by atoms with Gasteiger partial charge in [-0.25, -0.2) is 4.98 Å². The molecule has 1 aromatic rings. The summed E-state index contributed by atoms with van der Waals surface area (Å²) in [5, 5.41) is 12.2. The number of hydrogen-bond acceptors (Lipinski definition) is 4. The van der Waals surface area contributed by atoms with Gasteiger partial charge in [0, 0.05) is 31.5 Å². The second kappa shape index (κ2) is 4.95. The van der Waals surface area contributed by atoms with Crippen LogP contribution in [0.1, 0.15) is 18.5 Å². The van der Waals surface area contributed by atoms with E-state index in [-0.39, 0.29) is 0 Å². The van der Waals surface area contributed by atoms with Crippen molar-refractivity contribution in [2.24, 2.45) is 0 Å². The van der Waals surface area contributed by atoms with Crippen LogP contribution in [0.4, 0.5) is 5.69 Å². The van der Waals surface area contributed by atoms with Gasteiger partial charge in [-0.05, 0) is 31.5 Å². The quantitative estimate of drug-likeness (QED) is 0.823. The highest BCUT2D eigenvalue weighted by molar-refractivity contribution is 5.48. The monoisotopic (exact) mass is 216 g/mol. The van der Waals surface area contributed by atoms with E-state index in [4.69, 9.17) is 5.26 Å². The Bertz CT molecular complexity index is 390. The Morgan fingerprint density at radius 2 is 2.56 bits per heavy atom. The Morgan fingerprint density at radius 1 is 1.69 bits per heavy atom. The van der Waals surface area contributed by atoms with Crippen molar-refractivity contribution in [1.82, 2.24) is 10.3 Å². The number of anilines is 1. The highest BCUT2D eigenvalue weighted by Crippen LogP contribution is 2.15. The standard InChI is InChI=1S/C12H16N4/c1-16(9-10-3-2-5-14-10)12-4-6-15-11(7-12)8-13/h4,6-7,10,14H,2-3,5,9H2,1H3. The first-order valence-electron chi connectivity index (χ1n) is 5.60. The van der Waals surface area contributed by atoms with Gasteiger partial charge >= 0.3 is 0 Å². The molecule has 0 aliphatic carbocycles. The molecule has 2 heterocycles. The smallest absolute Gasteiger partial charge is 0.142 e. The van der Waals surface area contributed by atoms with E-state index in [1.54, 1.807) is 6.20 Å². The first-order valence-corrected chi connectivity index (χ1v) is 5.60. The van der Waals surface area contributed by atoms with E-state index in [9.17, 15) is 0 Å². The largest absolute Gasteiger partial charge is 0.373 e. The predicted molar refractivity (Wildman–Crippen MR) is 63.2 cm³/mol. The molecule has 1 aliphatic rings. The first-order chi connectivity index (χ1) is 7.79. The van der Waals surface area contributed by atoms with Crippen molar-refractivity contribution in [1.29, 1.82) is 5.26 Å². The third-order valence-electron chi connectivity index (χ3n) is 2.96. The Labute approximate surface area is 95.9 Å². The zero-order chi connectivity index (χ0) is 11.4. The number of nitriles is 1. The summed E-state index contributed by atoms with van der Waals surface area (Å²) in [4.78, 5) is 6.14. The van der Waals surface area contributed by atoms with Crippen LogP contribution in [0.2, 0.25) is 0 Å². The van der Waals surface area contributed by atoms with Crippen LogP contribution in [0, 0.1) is 11.3 Å². The van der Waals surface area contributed by atoms with Crippen molar-refractivity contribution in [3.05, 3.63) is 24.0 Å². The molecule has 0 aromatic carbocycles. The van der Waals surface area contributed by atoms with Crippen molar-refractivity contribution in [2.75, 3.05) is 25.0 Å². The summed E-state index contributed by atoms with van der Waals surface area (Å²) in [6.07, 6.45) is 4.19. The number of hydrogen-bond donors (Lipinski definition) is 1. The number of nitrogens with zero attached hydrogens (tertiary/aromatic N) is 3. The van der Waals surface area contributed by atoms with Crippen molar-refractivity contribution in [2.45, 2.75) is 18.9 Å². The average Bonchev–Trinajstić information content (AvgIpc) is 2.82. The van der Waals surface area contributed by atoms with E-state index in [1.165, 1.54) is 12.8 Å². The van der Waals surface area contributed by atoms with E-state index in [0.717, 1.165) is 18.8 Å². The van der Waals surface area contributed by atoms with Crippen LogP contribution >= 0.6 is 0 Å². The molecule has 1 aromatic heterocycles. The molecule has 1 saturated heterocycles. The van der Waals surface area contributed by atoms with Crippen molar-refractivity contribution < 1.29 is 0 Å². The Kier molecular flexibility index (Phi) is 3.37. The van der Waals surface area contributed by atoms with Gasteiger partial charge in [0.1, 0.15) is 11.8 Å². The van der Waals surface area contributed by atoms with Gasteiger partial charge in [-0.3, -0.25) is 0 Å². The fourth-order valence-electron chi connectivity index (χ4n) is 2.07. The maximum Gasteiger partial charge on any atom is 0.142 e. The summed E-state index contributed by atoms with van der Waals surface area (Å²) in [5.74, 6) is 0. The maximum atomic E-state index is 8.78. The summed E-state index contributed by atoms with van der Waals surface area (Å²) in [5.41, 5.74) is 1.53. The van der Waals surface area contributed by atoms with Crippen molar-refractivity contribution in [3.8, 4) is 6.07 Å². The molecule has 0 radical (unpaired) electrons. The molecule has 0 bridgehead atoms. The lowest BCUT2D eigenvalue weighted by Gasteiger charge is -2.23. The fourth-order valence-corrected chi connectivity index (χ4v) is 2.07. The van der Waals surface area contributed by atoms with E-state index < -0.39 is 0 Å². The molecule has 0 amide bonds. The van der Waals surface area contributed by atoms with E-state index >= 15 is 0 Å². The number of rotatable bonds is 3. The fraction of sp³-hybridized carbons (Fsp3) is 0.500. The molecule has 0 saturated carbocycles. The Morgan fingerprint density at radius 3 is 3.25 bits per heavy atom. The topological polar surface area (TPSA) is 52.0 Å². The summed E-state index contributed by atoms with van der Waals surface area (Å²) in [6.45, 7) is 2.10. The van der Waals surface area contributed by atoms with Crippen LogP contribution in [0.15, 0.2) is 18.3 Å². The van der Waals surface area contributed by atoms with E-state index in [0.29, 0.717) is 11.7 Å². The van der Waals surface area contributed by atoms with Crippen LogP contribution in [-0.2, 0) is 0 Å². The molecule has 1 N–H and O–H groups in total. The Balaban J connectivity index is 2.02. The lowest BCUT2D eigenvalue weighted by molar-refractivity contribution is 0.599. The second-order valence-electron chi connectivity index (χ2n) is 4.18. The van der Waals surface area contributed by atoms with Gasteiger partial charge in [-0.1, -0.05) is 0 Å². The molecular formula is C12H16N4. The summed E-state index contributed by atoms with van der Waals surface area (Å²) < 4.78 is 0. The zero-order valence-corrected chi connectivity index (χ0v) is 9.48. The van der Waals surface area contributed by atoms with Crippen LogP contribution in [0.3, 0.4) is 0 Å². The normalized spacial score (nSPS) is 19.4. The zero-order valence-electron chi connectivity index (χ0n) is 9.48. The summed E-state index contributed by atoms with van der Waals surface area (Å²) in [7, 11) is 2.05. The van der Waals surface area contributed by atoms with Gasteiger partial charge in [0.2, 0.25) is 0 Å². The van der Waals surface area contributed by atoms with Crippen LogP contribution in [-0.4, -0.2) is 31.2 Å². The van der Waals surface area contributed by atoms with E-state index in [1.807, 2.05) is 12.1 Å². The van der Waals surface area contributed by atoms with Crippen LogP contribution in [0.5, 0.6) is 0 Å². The lowest BCUT2D eigenvalue weighted by atomic mass is 10.2. The predicted octanol–water partition coefficient (Wildman–Crippen LogP) is 1.14. The van der Waals surface area contributed by atoms with Gasteiger partial charge in [-0.15, -0.1) is 0 Å². The molecule has 16 heavy (non-hydrogen) atoms. The van der Waals surface area contributed by atoms with Crippen molar-refractivity contribution >= 4 is 5.69 Å². The van der Waals surface area contributed by atoms with Gasteiger partial charge in [0.25, 0.3) is 0 Å². The third kappa shape index (κ3) is 2.50. The average molecular weight is 216 g/mol. The molecule has 1 unspecified atom stereocenters. The van der Waals surface area contributed by atoms with Crippen molar-refractivity contribution in [3.63, 3.8) is 0 Å². The van der Waals surface area contributed by atoms with Crippen LogP contribution in [0.25, 0.3) is 0 Å². The molecule has 0 spiro atoms. The minimum absolute atomic E-state index is 0.476. The second-order valence-corrected chi connectivity index (χ2v) is 4.18. The molecule has 1 fully saturated rings. The first kappa shape index (κ1) is 10.9. The molecule has 2 rings (SSSR count). The number of nitrogens with one attached hydrogen (secondary N) is 1. The lowest BCUT2D eigenvalue weighted by Crippen LogP contribution is -2.35. The van der Waals surface area contributed by atoms with Gasteiger partial charge in [0.05, 0.1) is 0 Å². The minimum Gasteiger partial charge on any atom is -0.373 e. The molecule has 84 valence electrons. The highest BCUT2D eigenvalue weighted by Gasteiger charge is 2.16. The molecule has 4 nitrogen and oxygen atoms in total. The third-order valence-corrected chi connectivity index (χ3v) is 2.96. The Hall–Kier alpha value is -1.60. The van der Waals surface area contributed by atoms with Crippen LogP contribution < -0.4 is 10.2 Å². The minimum atomic E-state index is 0.476. The number of pyridine rings is 1. The number of likely N-dealkylation sites (N-methyl/N-ethyl adjacent to an activating group) is 1. The molecule has 1 aliphatic heterocycles. The molecule has 1 atom stereocenters. The molecular weight excluding hydrogens is 200 g/mol. The highest BCUT2D eigenvalue weighted by atomic mass is 15.1. The molecule has 4 heteroatoms. The number of aromatic nitrogens is 1. The van der Waals surface area contributed by atoms with Gasteiger partial charge in [0.15, 0.2) is 0 Å². The summed E-state index contributed by atoms with van der Waals surface area (Å²) >= 11 is 0. The van der Waals surface area contributed by atoms with Gasteiger partial charge in [-0.2, -0.15) is 5.26 Å². The SMILES string of the molecule is CN(CC1CCCN1)c1ccnc(C#N)c1. The van der Waals surface area contributed by atoms with Gasteiger partial charge < -0.3 is 10.2 Å². The summed E-state index contributed by atoms with van der Waals surface area (Å²) in [6, 6.07) is 6.40.